The summed E-state index contributed by atoms with van der Waals surface area (Å²) in [5.41, 5.74) is 0. The van der Waals surface area contributed by atoms with E-state index < -0.39 is 11.9 Å². The van der Waals surface area contributed by atoms with E-state index >= 15 is 0 Å². The van der Waals surface area contributed by atoms with Crippen molar-refractivity contribution >= 4 is 11.9 Å². The summed E-state index contributed by atoms with van der Waals surface area (Å²) in [4.78, 5) is 25.9. The van der Waals surface area contributed by atoms with Gasteiger partial charge in [-0.2, -0.15) is 0 Å². The number of nitrogens with zero attached hydrogens (tertiary/aromatic N) is 1. The van der Waals surface area contributed by atoms with Crippen LogP contribution in [0.2, 0.25) is 0 Å². The molecular weight excluding hydrogens is 254 g/mol. The summed E-state index contributed by atoms with van der Waals surface area (Å²) in [6.45, 7) is 6.02. The summed E-state index contributed by atoms with van der Waals surface area (Å²) in [7, 11) is 0. The minimum atomic E-state index is -0.760. The van der Waals surface area contributed by atoms with Gasteiger partial charge < -0.3 is 10.0 Å². The van der Waals surface area contributed by atoms with Crippen LogP contribution in [-0.2, 0) is 9.59 Å². The maximum atomic E-state index is 12.5. The van der Waals surface area contributed by atoms with Crippen molar-refractivity contribution < 1.29 is 14.7 Å². The summed E-state index contributed by atoms with van der Waals surface area (Å²) in [5.74, 6) is -0.618. The number of hydrogen-bond donors (Lipinski definition) is 1. The molecule has 0 aromatic heterocycles. The van der Waals surface area contributed by atoms with Crippen molar-refractivity contribution in [1.82, 2.24) is 4.90 Å². The highest BCUT2D eigenvalue weighted by Gasteiger charge is 2.45. The van der Waals surface area contributed by atoms with E-state index in [-0.39, 0.29) is 23.9 Å². The molecule has 4 nitrogen and oxygen atoms in total. The number of hydrogen-bond acceptors (Lipinski definition) is 2. The standard InChI is InChI=1S/C16H27NO3/c1-10-7-5-4-6-8-13(10)17-12(3)15(16(19)20)11(2)9-14(17)18/h10-13,15H,4-9H2,1-3H3,(H,19,20). The molecule has 1 aliphatic carbocycles. The highest BCUT2D eigenvalue weighted by molar-refractivity contribution is 5.82. The van der Waals surface area contributed by atoms with Gasteiger partial charge in [0.25, 0.3) is 0 Å². The second kappa shape index (κ2) is 6.15. The first kappa shape index (κ1) is 15.3. The Kier molecular flexibility index (Phi) is 4.71. The van der Waals surface area contributed by atoms with Crippen molar-refractivity contribution in [3.05, 3.63) is 0 Å². The third kappa shape index (κ3) is 2.84. The van der Waals surface area contributed by atoms with Gasteiger partial charge in [-0.15, -0.1) is 0 Å². The van der Waals surface area contributed by atoms with Gasteiger partial charge in [-0.3, -0.25) is 9.59 Å². The molecule has 5 atom stereocenters. The van der Waals surface area contributed by atoms with Gasteiger partial charge in [0.15, 0.2) is 0 Å². The van der Waals surface area contributed by atoms with Crippen LogP contribution in [0.1, 0.15) is 59.3 Å². The van der Waals surface area contributed by atoms with E-state index in [4.69, 9.17) is 0 Å². The predicted molar refractivity (Wildman–Crippen MR) is 77.3 cm³/mol. The van der Waals surface area contributed by atoms with Gasteiger partial charge in [-0.25, -0.2) is 0 Å². The van der Waals surface area contributed by atoms with Crippen LogP contribution in [0.4, 0.5) is 0 Å². The lowest BCUT2D eigenvalue weighted by atomic mass is 9.79. The Labute approximate surface area is 121 Å². The Morgan fingerprint density at radius 3 is 2.40 bits per heavy atom. The Morgan fingerprint density at radius 2 is 1.75 bits per heavy atom. The Balaban J connectivity index is 2.23. The topological polar surface area (TPSA) is 57.6 Å². The first-order chi connectivity index (χ1) is 9.43. The summed E-state index contributed by atoms with van der Waals surface area (Å²) < 4.78 is 0. The lowest BCUT2D eigenvalue weighted by molar-refractivity contribution is -0.158. The molecule has 1 amide bonds. The molecule has 1 aliphatic heterocycles. The SMILES string of the molecule is CC1CC(=O)N(C2CCCCCC2C)C(C)C1C(=O)O. The predicted octanol–water partition coefficient (Wildman–Crippen LogP) is 2.91. The van der Waals surface area contributed by atoms with Crippen molar-refractivity contribution in [3.63, 3.8) is 0 Å². The Bertz CT molecular complexity index is 382. The van der Waals surface area contributed by atoms with Crippen molar-refractivity contribution in [2.24, 2.45) is 17.8 Å². The van der Waals surface area contributed by atoms with Crippen molar-refractivity contribution in [1.29, 1.82) is 0 Å². The smallest absolute Gasteiger partial charge is 0.308 e. The fourth-order valence-corrected chi connectivity index (χ4v) is 4.21. The van der Waals surface area contributed by atoms with Gasteiger partial charge in [0.1, 0.15) is 0 Å². The average Bonchev–Trinajstić information content (AvgIpc) is 2.54. The van der Waals surface area contributed by atoms with E-state index in [2.05, 4.69) is 6.92 Å². The van der Waals surface area contributed by atoms with Gasteiger partial charge in [0.2, 0.25) is 5.91 Å². The molecule has 1 saturated heterocycles. The number of carbonyl (C=O) groups is 2. The molecule has 1 saturated carbocycles. The maximum Gasteiger partial charge on any atom is 0.308 e. The van der Waals surface area contributed by atoms with E-state index in [1.54, 1.807) is 0 Å². The zero-order valence-corrected chi connectivity index (χ0v) is 12.8. The van der Waals surface area contributed by atoms with E-state index in [0.717, 1.165) is 19.3 Å². The largest absolute Gasteiger partial charge is 0.481 e. The molecular formula is C16H27NO3. The minimum Gasteiger partial charge on any atom is -0.481 e. The molecule has 0 aromatic carbocycles. The number of piperidine rings is 1. The first-order valence-electron chi connectivity index (χ1n) is 7.97. The summed E-state index contributed by atoms with van der Waals surface area (Å²) in [5, 5.41) is 9.46. The van der Waals surface area contributed by atoms with Crippen molar-refractivity contribution in [3.8, 4) is 0 Å². The molecule has 2 fully saturated rings. The van der Waals surface area contributed by atoms with Gasteiger partial charge >= 0.3 is 5.97 Å². The van der Waals surface area contributed by atoms with Crippen LogP contribution >= 0.6 is 0 Å². The van der Waals surface area contributed by atoms with E-state index in [1.807, 2.05) is 18.7 Å². The second-order valence-electron chi connectivity index (χ2n) is 6.77. The highest BCUT2D eigenvalue weighted by Crippen LogP contribution is 2.36. The molecule has 2 rings (SSSR count). The average molecular weight is 281 g/mol. The summed E-state index contributed by atoms with van der Waals surface area (Å²) in [6.07, 6.45) is 6.17. The molecule has 1 N–H and O–H groups in total. The fourth-order valence-electron chi connectivity index (χ4n) is 4.21. The Morgan fingerprint density at radius 1 is 1.10 bits per heavy atom. The number of carbonyl (C=O) groups excluding carboxylic acids is 1. The van der Waals surface area contributed by atoms with Gasteiger partial charge in [-0.1, -0.05) is 33.1 Å². The van der Waals surface area contributed by atoms with Crippen molar-refractivity contribution in [2.45, 2.75) is 71.4 Å². The lowest BCUT2D eigenvalue weighted by Crippen LogP contribution is -2.57. The molecule has 20 heavy (non-hydrogen) atoms. The molecule has 1 heterocycles. The van der Waals surface area contributed by atoms with Crippen LogP contribution in [0.25, 0.3) is 0 Å². The van der Waals surface area contributed by atoms with Crippen LogP contribution in [0, 0.1) is 17.8 Å². The number of likely N-dealkylation sites (tertiary alicyclic amines) is 1. The molecule has 0 spiro atoms. The van der Waals surface area contributed by atoms with Gasteiger partial charge in [0, 0.05) is 18.5 Å². The molecule has 2 aliphatic rings. The number of amides is 1. The number of carboxylic acids is 1. The van der Waals surface area contributed by atoms with E-state index in [9.17, 15) is 14.7 Å². The number of carboxylic acid groups (broad SMARTS) is 1. The van der Waals surface area contributed by atoms with Crippen LogP contribution in [0.5, 0.6) is 0 Å². The summed E-state index contributed by atoms with van der Waals surface area (Å²) >= 11 is 0. The van der Waals surface area contributed by atoms with Gasteiger partial charge in [0.05, 0.1) is 5.92 Å². The first-order valence-corrected chi connectivity index (χ1v) is 7.97. The quantitative estimate of drug-likeness (QED) is 0.792. The molecule has 5 unspecified atom stereocenters. The summed E-state index contributed by atoms with van der Waals surface area (Å²) in [6, 6.07) is 0.0450. The maximum absolute atomic E-state index is 12.5. The molecule has 4 heteroatoms. The fraction of sp³-hybridized carbons (Fsp3) is 0.875. The zero-order valence-electron chi connectivity index (χ0n) is 12.8. The third-order valence-corrected chi connectivity index (χ3v) is 5.31. The van der Waals surface area contributed by atoms with Crippen LogP contribution in [0.15, 0.2) is 0 Å². The van der Waals surface area contributed by atoms with Gasteiger partial charge in [-0.05, 0) is 31.6 Å². The van der Waals surface area contributed by atoms with Crippen LogP contribution < -0.4 is 0 Å². The Hall–Kier alpha value is -1.06. The highest BCUT2D eigenvalue weighted by atomic mass is 16.4. The normalized spacial score (nSPS) is 39.5. The van der Waals surface area contributed by atoms with E-state index in [1.165, 1.54) is 12.8 Å². The van der Waals surface area contributed by atoms with E-state index in [0.29, 0.717) is 12.3 Å². The molecule has 114 valence electrons. The second-order valence-corrected chi connectivity index (χ2v) is 6.77. The van der Waals surface area contributed by atoms with Crippen LogP contribution in [0.3, 0.4) is 0 Å². The van der Waals surface area contributed by atoms with Crippen molar-refractivity contribution in [2.75, 3.05) is 0 Å². The number of rotatable bonds is 2. The minimum absolute atomic E-state index is 0.0627. The zero-order chi connectivity index (χ0) is 14.9. The monoisotopic (exact) mass is 281 g/mol. The lowest BCUT2D eigenvalue weighted by Gasteiger charge is -2.46. The molecule has 0 aromatic rings. The number of aliphatic carboxylic acids is 1. The third-order valence-electron chi connectivity index (χ3n) is 5.31. The molecule has 0 radical (unpaired) electrons. The molecule has 0 bridgehead atoms. The van der Waals surface area contributed by atoms with Crippen LogP contribution in [-0.4, -0.2) is 34.0 Å².